The van der Waals surface area contributed by atoms with Gasteiger partial charge in [-0.05, 0) is 19.3 Å². The van der Waals surface area contributed by atoms with Gasteiger partial charge in [-0.3, -0.25) is 0 Å². The van der Waals surface area contributed by atoms with E-state index in [-0.39, 0.29) is 27.9 Å². The van der Waals surface area contributed by atoms with Crippen molar-refractivity contribution in [2.75, 3.05) is 19.6 Å². The molecule has 0 heterocycles. The van der Waals surface area contributed by atoms with Gasteiger partial charge in [0.1, 0.15) is 0 Å². The minimum absolute atomic E-state index is 0. The molecule has 0 aliphatic carbocycles. The molecule has 0 aliphatic heterocycles. The number of hydrogen-bond acceptors (Lipinski definition) is 0. The topological polar surface area (TPSA) is 0 Å². The van der Waals surface area contributed by atoms with E-state index in [1.165, 1.54) is 0 Å². The average Bonchev–Trinajstić information content (AvgIpc) is 2.44. The molecule has 1 unspecified atom stereocenters. The van der Waals surface area contributed by atoms with Gasteiger partial charge in [0.25, 0.3) is 0 Å². The van der Waals surface area contributed by atoms with E-state index in [0.717, 1.165) is 38.5 Å². The van der Waals surface area contributed by atoms with Gasteiger partial charge >= 0.3 is 6.18 Å². The largest absolute Gasteiger partial charge is 1.00 e. The second kappa shape index (κ2) is 12.6. The van der Waals surface area contributed by atoms with Crippen LogP contribution in [-0.4, -0.2) is 36.3 Å². The summed E-state index contributed by atoms with van der Waals surface area (Å²) < 4.78 is 41.3. The molecule has 0 aliphatic rings. The van der Waals surface area contributed by atoms with Crippen LogP contribution in [0.5, 0.6) is 0 Å². The van der Waals surface area contributed by atoms with Crippen LogP contribution in [-0.2, 0) is 0 Å². The predicted octanol–water partition coefficient (Wildman–Crippen LogP) is 2.94. The van der Waals surface area contributed by atoms with Crippen LogP contribution in [0.1, 0.15) is 79.1 Å². The number of hydrogen-bond donors (Lipinski definition) is 0. The lowest BCUT2D eigenvalue weighted by Gasteiger charge is -2.46. The third-order valence-corrected chi connectivity index (χ3v) is 4.47. The zero-order chi connectivity index (χ0) is 16.4. The van der Waals surface area contributed by atoms with Crippen molar-refractivity contribution in [2.45, 2.75) is 91.3 Å². The Morgan fingerprint density at radius 1 is 0.727 bits per heavy atom. The minimum atomic E-state index is -4.08. The van der Waals surface area contributed by atoms with Crippen molar-refractivity contribution < 1.29 is 34.6 Å². The molecule has 0 fully saturated rings. The Bertz CT molecular complexity index is 235. The summed E-state index contributed by atoms with van der Waals surface area (Å²) in [5.41, 5.74) is 0. The van der Waals surface area contributed by atoms with Crippen LogP contribution >= 0.6 is 0 Å². The molecule has 1 atom stereocenters. The smallest absolute Gasteiger partial charge is 0.441 e. The van der Waals surface area contributed by atoms with Crippen molar-refractivity contribution in [3.8, 4) is 0 Å². The van der Waals surface area contributed by atoms with Crippen molar-refractivity contribution in [2.24, 2.45) is 0 Å². The zero-order valence-corrected chi connectivity index (χ0v) is 16.4. The number of alkyl halides is 3. The maximum absolute atomic E-state index is 13.7. The van der Waals surface area contributed by atoms with Gasteiger partial charge in [0.05, 0.1) is 19.6 Å². The maximum Gasteiger partial charge on any atom is 0.441 e. The lowest BCUT2D eigenvalue weighted by molar-refractivity contribution is -0.962. The Kier molecular flexibility index (Phi) is 14.1. The fourth-order valence-corrected chi connectivity index (χ4v) is 3.24. The predicted molar refractivity (Wildman–Crippen MR) is 84.3 cm³/mol. The highest BCUT2D eigenvalue weighted by Gasteiger charge is 2.52. The van der Waals surface area contributed by atoms with E-state index in [1.54, 1.807) is 0 Å². The molecule has 0 spiro atoms. The summed E-state index contributed by atoms with van der Waals surface area (Å²) in [4.78, 5) is 0. The molecule has 136 valence electrons. The summed E-state index contributed by atoms with van der Waals surface area (Å²) in [7, 11) is 0. The molecule has 22 heavy (non-hydrogen) atoms. The quantitative estimate of drug-likeness (QED) is 0.450. The van der Waals surface area contributed by atoms with Crippen LogP contribution in [0.15, 0.2) is 0 Å². The fraction of sp³-hybridized carbons (Fsp3) is 1.00. The normalized spacial score (nSPS) is 13.8. The second-order valence-corrected chi connectivity index (χ2v) is 6.30. The van der Waals surface area contributed by atoms with Crippen LogP contribution in [0.2, 0.25) is 0 Å². The summed E-state index contributed by atoms with van der Waals surface area (Å²) in [6.07, 6.45) is 2.37. The van der Waals surface area contributed by atoms with Gasteiger partial charge in [-0.1, -0.05) is 53.4 Å². The van der Waals surface area contributed by atoms with Crippen LogP contribution in [0.4, 0.5) is 13.2 Å². The van der Waals surface area contributed by atoms with Gasteiger partial charge in [-0.15, -0.1) is 0 Å². The van der Waals surface area contributed by atoms with Crippen LogP contribution in [0, 0.1) is 0 Å². The van der Waals surface area contributed by atoms with Crippen molar-refractivity contribution in [3.05, 3.63) is 0 Å². The standard InChI is InChI=1S/C17H35F3N.BrH/c1-5-9-13-21(14-10-6-2,15-11-7-3)16(12-8-4)17(18,19)20;/h16H,5-15H2,1-4H3;1H/q+1;/p-1. The van der Waals surface area contributed by atoms with Gasteiger partial charge < -0.3 is 21.5 Å². The highest BCUT2D eigenvalue weighted by Crippen LogP contribution is 2.35. The van der Waals surface area contributed by atoms with Gasteiger partial charge in [0, 0.05) is 6.42 Å². The summed E-state index contributed by atoms with van der Waals surface area (Å²) in [6.45, 7) is 10.1. The number of quaternary nitrogens is 1. The van der Waals surface area contributed by atoms with Crippen LogP contribution in [0.3, 0.4) is 0 Å². The number of nitrogens with zero attached hydrogens (tertiary/aromatic N) is 1. The first-order chi connectivity index (χ1) is 9.87. The van der Waals surface area contributed by atoms with Crippen LogP contribution < -0.4 is 17.0 Å². The maximum atomic E-state index is 13.7. The van der Waals surface area contributed by atoms with Crippen molar-refractivity contribution in [1.82, 2.24) is 0 Å². The third-order valence-electron chi connectivity index (χ3n) is 4.47. The lowest BCUT2D eigenvalue weighted by Crippen LogP contribution is -3.00. The molecule has 0 bridgehead atoms. The zero-order valence-electron chi connectivity index (χ0n) is 14.8. The first kappa shape index (κ1) is 24.5. The van der Waals surface area contributed by atoms with Gasteiger partial charge in [0.2, 0.25) is 0 Å². The van der Waals surface area contributed by atoms with Crippen LogP contribution in [0.25, 0.3) is 0 Å². The summed E-state index contributed by atoms with van der Waals surface area (Å²) in [5, 5.41) is 0. The molecule has 0 saturated heterocycles. The molecule has 0 saturated carbocycles. The summed E-state index contributed by atoms with van der Waals surface area (Å²) in [5.74, 6) is 0. The minimum Gasteiger partial charge on any atom is -1.00 e. The Morgan fingerprint density at radius 3 is 1.32 bits per heavy atom. The highest BCUT2D eigenvalue weighted by molar-refractivity contribution is 4.71. The summed E-state index contributed by atoms with van der Waals surface area (Å²) >= 11 is 0. The van der Waals surface area contributed by atoms with E-state index < -0.39 is 12.2 Å². The number of rotatable bonds is 12. The first-order valence-electron chi connectivity index (χ1n) is 8.80. The lowest BCUT2D eigenvalue weighted by atomic mass is 10.0. The van der Waals surface area contributed by atoms with Gasteiger partial charge in [0.15, 0.2) is 6.04 Å². The molecule has 0 N–H and O–H groups in total. The number of halogens is 4. The van der Waals surface area contributed by atoms with E-state index in [2.05, 4.69) is 20.8 Å². The van der Waals surface area contributed by atoms with E-state index >= 15 is 0 Å². The molecule has 1 nitrogen and oxygen atoms in total. The molecule has 0 aromatic heterocycles. The average molecular weight is 390 g/mol. The van der Waals surface area contributed by atoms with Crippen molar-refractivity contribution in [1.29, 1.82) is 0 Å². The molecule has 0 amide bonds. The third kappa shape index (κ3) is 8.19. The van der Waals surface area contributed by atoms with Crippen molar-refractivity contribution >= 4 is 0 Å². The van der Waals surface area contributed by atoms with Gasteiger partial charge in [-0.2, -0.15) is 13.2 Å². The fourth-order valence-electron chi connectivity index (χ4n) is 3.24. The highest BCUT2D eigenvalue weighted by atomic mass is 79.9. The molecule has 5 heteroatoms. The van der Waals surface area contributed by atoms with E-state index in [1.807, 2.05) is 6.92 Å². The Balaban J connectivity index is 0. The monoisotopic (exact) mass is 389 g/mol. The molecular weight excluding hydrogens is 355 g/mol. The van der Waals surface area contributed by atoms with E-state index in [4.69, 9.17) is 0 Å². The van der Waals surface area contributed by atoms with Gasteiger partial charge in [-0.25, -0.2) is 0 Å². The molecule has 0 aromatic carbocycles. The SMILES string of the molecule is CCCC[N+](CCCC)(CCCC)C(CCC)C(F)(F)F.[Br-]. The van der Waals surface area contributed by atoms with Crippen molar-refractivity contribution in [3.63, 3.8) is 0 Å². The molecule has 0 aromatic rings. The molecular formula is C17H35BrF3N. The number of unbranched alkanes of at least 4 members (excludes halogenated alkanes) is 3. The van der Waals surface area contributed by atoms with E-state index in [0.29, 0.717) is 26.1 Å². The van der Waals surface area contributed by atoms with E-state index in [9.17, 15) is 13.2 Å². The second-order valence-electron chi connectivity index (χ2n) is 6.30. The Labute approximate surface area is 146 Å². The molecule has 0 radical (unpaired) electrons. The summed E-state index contributed by atoms with van der Waals surface area (Å²) in [6, 6.07) is -1.17. The Hall–Kier alpha value is 0.230. The first-order valence-corrected chi connectivity index (χ1v) is 8.80. The molecule has 0 rings (SSSR count). The Morgan fingerprint density at radius 2 is 1.09 bits per heavy atom.